The summed E-state index contributed by atoms with van der Waals surface area (Å²) in [6, 6.07) is 7.86. The number of ketones is 1. The minimum atomic E-state index is -0.688. The van der Waals surface area contributed by atoms with Crippen LogP contribution in [0.2, 0.25) is 0 Å². The van der Waals surface area contributed by atoms with Crippen LogP contribution in [0.4, 0.5) is 0 Å². The van der Waals surface area contributed by atoms with Crippen LogP contribution in [-0.2, 0) is 9.59 Å². The van der Waals surface area contributed by atoms with Crippen LogP contribution in [0.1, 0.15) is 37.4 Å². The van der Waals surface area contributed by atoms with E-state index < -0.39 is 17.7 Å². The number of amides is 1. The van der Waals surface area contributed by atoms with Gasteiger partial charge in [0.15, 0.2) is 11.5 Å². The molecule has 1 fully saturated rings. The first kappa shape index (κ1) is 22.8. The van der Waals surface area contributed by atoms with E-state index in [9.17, 15) is 14.7 Å². The van der Waals surface area contributed by atoms with Gasteiger partial charge in [0.05, 0.1) is 11.6 Å². The number of aliphatic hydroxyl groups excluding tert-OH is 1. The number of fused-ring (bicyclic) bond motifs is 1. The Bertz CT molecular complexity index is 1050. The molecule has 0 spiro atoms. The van der Waals surface area contributed by atoms with Gasteiger partial charge in [0.25, 0.3) is 11.7 Å². The van der Waals surface area contributed by atoms with E-state index in [1.165, 1.54) is 0 Å². The number of nitrogens with zero attached hydrogens (tertiary/aromatic N) is 3. The Labute approximate surface area is 193 Å². The summed E-state index contributed by atoms with van der Waals surface area (Å²) in [5, 5.41) is 11.2. The molecule has 2 aliphatic heterocycles. The van der Waals surface area contributed by atoms with Gasteiger partial charge in [-0.2, -0.15) is 0 Å². The summed E-state index contributed by atoms with van der Waals surface area (Å²) in [5.74, 6) is -0.430. The SMILES string of the molecule is CCN(CC)CCCN1C(=O)C(=O)/C(=C(/O)c2ccc3c(c2)OCCO3)[C@@H]1c1ccncc1. The van der Waals surface area contributed by atoms with Crippen molar-refractivity contribution < 1.29 is 24.2 Å². The minimum absolute atomic E-state index is 0.0747. The smallest absolute Gasteiger partial charge is 0.295 e. The Morgan fingerprint density at radius 2 is 1.79 bits per heavy atom. The lowest BCUT2D eigenvalue weighted by Gasteiger charge is -2.26. The van der Waals surface area contributed by atoms with Gasteiger partial charge in [0, 0.05) is 24.5 Å². The van der Waals surface area contributed by atoms with E-state index in [2.05, 4.69) is 23.7 Å². The van der Waals surface area contributed by atoms with E-state index in [1.807, 2.05) is 0 Å². The number of rotatable bonds is 8. The largest absolute Gasteiger partial charge is 0.507 e. The molecular formula is C25H29N3O5. The predicted molar refractivity (Wildman–Crippen MR) is 123 cm³/mol. The van der Waals surface area contributed by atoms with E-state index in [4.69, 9.17) is 9.47 Å². The normalized spacial score (nSPS) is 19.4. The number of likely N-dealkylation sites (tertiary alicyclic amines) is 1. The molecule has 0 bridgehead atoms. The van der Waals surface area contributed by atoms with Gasteiger partial charge in [-0.3, -0.25) is 14.6 Å². The van der Waals surface area contributed by atoms with Crippen LogP contribution in [0.5, 0.6) is 11.5 Å². The molecule has 0 unspecified atom stereocenters. The zero-order valence-electron chi connectivity index (χ0n) is 19.0. The van der Waals surface area contributed by atoms with Crippen molar-refractivity contribution in [2.75, 3.05) is 39.4 Å². The molecular weight excluding hydrogens is 422 g/mol. The molecule has 3 heterocycles. The minimum Gasteiger partial charge on any atom is -0.507 e. The summed E-state index contributed by atoms with van der Waals surface area (Å²) in [6.45, 7) is 8.14. The van der Waals surface area contributed by atoms with Crippen molar-refractivity contribution in [1.29, 1.82) is 0 Å². The molecule has 1 saturated heterocycles. The van der Waals surface area contributed by atoms with Gasteiger partial charge < -0.3 is 24.4 Å². The van der Waals surface area contributed by atoms with Gasteiger partial charge in [-0.15, -0.1) is 0 Å². The summed E-state index contributed by atoms with van der Waals surface area (Å²) >= 11 is 0. The zero-order chi connectivity index (χ0) is 23.4. The second-order valence-electron chi connectivity index (χ2n) is 8.01. The molecule has 1 aromatic heterocycles. The number of carbonyl (C=O) groups excluding carboxylic acids is 2. The van der Waals surface area contributed by atoms with Crippen LogP contribution in [0.25, 0.3) is 5.76 Å². The zero-order valence-corrected chi connectivity index (χ0v) is 19.0. The molecule has 0 saturated carbocycles. The molecule has 1 amide bonds. The number of benzene rings is 1. The fourth-order valence-electron chi connectivity index (χ4n) is 4.35. The molecule has 8 heteroatoms. The van der Waals surface area contributed by atoms with Crippen LogP contribution in [0.3, 0.4) is 0 Å². The van der Waals surface area contributed by atoms with Crippen LogP contribution >= 0.6 is 0 Å². The van der Waals surface area contributed by atoms with E-state index in [1.54, 1.807) is 47.6 Å². The van der Waals surface area contributed by atoms with Crippen molar-refractivity contribution in [1.82, 2.24) is 14.8 Å². The third-order valence-electron chi connectivity index (χ3n) is 6.15. The molecule has 2 aromatic rings. The Morgan fingerprint density at radius 3 is 2.48 bits per heavy atom. The molecule has 0 radical (unpaired) electrons. The van der Waals surface area contributed by atoms with Gasteiger partial charge in [0.2, 0.25) is 0 Å². The number of hydrogen-bond acceptors (Lipinski definition) is 7. The van der Waals surface area contributed by atoms with Crippen LogP contribution < -0.4 is 9.47 Å². The average Bonchev–Trinajstić information content (AvgIpc) is 3.11. The molecule has 8 nitrogen and oxygen atoms in total. The van der Waals surface area contributed by atoms with Gasteiger partial charge in [-0.25, -0.2) is 0 Å². The average molecular weight is 452 g/mol. The third-order valence-corrected chi connectivity index (χ3v) is 6.15. The first-order chi connectivity index (χ1) is 16.0. The Balaban J connectivity index is 1.71. The number of ether oxygens (including phenoxy) is 2. The highest BCUT2D eigenvalue weighted by molar-refractivity contribution is 6.46. The number of pyridine rings is 1. The maximum Gasteiger partial charge on any atom is 0.295 e. The summed E-state index contributed by atoms with van der Waals surface area (Å²) in [5.41, 5.74) is 1.20. The molecule has 0 aliphatic carbocycles. The van der Waals surface area contributed by atoms with E-state index in [0.29, 0.717) is 36.8 Å². The quantitative estimate of drug-likeness (QED) is 0.375. The van der Waals surface area contributed by atoms with Gasteiger partial charge in [-0.1, -0.05) is 13.8 Å². The number of hydrogen-bond donors (Lipinski definition) is 1. The number of carbonyl (C=O) groups is 2. The second kappa shape index (κ2) is 10.0. The fraction of sp³-hybridized carbons (Fsp3) is 0.400. The summed E-state index contributed by atoms with van der Waals surface area (Å²) in [4.78, 5) is 34.1. The third kappa shape index (κ3) is 4.57. The fourth-order valence-corrected chi connectivity index (χ4v) is 4.35. The number of aliphatic hydroxyl groups is 1. The maximum atomic E-state index is 13.1. The Hall–Kier alpha value is -3.39. The van der Waals surface area contributed by atoms with Crippen LogP contribution in [-0.4, -0.2) is 71.0 Å². The molecule has 1 N–H and O–H groups in total. The number of Topliss-reactive ketones (excluding diaryl/α,β-unsaturated/α-hetero) is 1. The van der Waals surface area contributed by atoms with E-state index in [0.717, 1.165) is 31.6 Å². The lowest BCUT2D eigenvalue weighted by Crippen LogP contribution is -2.33. The van der Waals surface area contributed by atoms with Crippen molar-refractivity contribution in [3.05, 3.63) is 59.4 Å². The Morgan fingerprint density at radius 1 is 1.09 bits per heavy atom. The highest BCUT2D eigenvalue weighted by Crippen LogP contribution is 2.41. The lowest BCUT2D eigenvalue weighted by atomic mass is 9.95. The van der Waals surface area contributed by atoms with Crippen molar-refractivity contribution in [3.8, 4) is 11.5 Å². The number of aromatic nitrogens is 1. The van der Waals surface area contributed by atoms with E-state index >= 15 is 0 Å². The molecule has 2 aliphatic rings. The standard InChI is InChI=1S/C25H29N3O5/c1-3-27(4-2)12-5-13-28-22(17-8-10-26-11-9-17)21(24(30)25(28)31)23(29)18-6-7-19-20(16-18)33-15-14-32-19/h6-11,16,22,29H,3-5,12-15H2,1-2H3/b23-21+/t22-/m0/s1. The second-order valence-corrected chi connectivity index (χ2v) is 8.01. The molecule has 33 heavy (non-hydrogen) atoms. The molecule has 1 aromatic carbocycles. The summed E-state index contributed by atoms with van der Waals surface area (Å²) < 4.78 is 11.2. The van der Waals surface area contributed by atoms with Gasteiger partial charge in [-0.05, 0) is 62.0 Å². The van der Waals surface area contributed by atoms with Crippen molar-refractivity contribution in [2.45, 2.75) is 26.3 Å². The van der Waals surface area contributed by atoms with E-state index in [-0.39, 0.29) is 11.3 Å². The van der Waals surface area contributed by atoms with Crippen LogP contribution in [0.15, 0.2) is 48.3 Å². The van der Waals surface area contributed by atoms with Gasteiger partial charge >= 0.3 is 0 Å². The van der Waals surface area contributed by atoms with Gasteiger partial charge in [0.1, 0.15) is 19.0 Å². The summed E-state index contributed by atoms with van der Waals surface area (Å²) in [6.07, 6.45) is 3.96. The predicted octanol–water partition coefficient (Wildman–Crippen LogP) is 3.01. The molecule has 4 rings (SSSR count). The van der Waals surface area contributed by atoms with Crippen LogP contribution in [0, 0.1) is 0 Å². The highest BCUT2D eigenvalue weighted by atomic mass is 16.6. The topological polar surface area (TPSA) is 92.2 Å². The molecule has 174 valence electrons. The van der Waals surface area contributed by atoms with Crippen molar-refractivity contribution in [3.63, 3.8) is 0 Å². The van der Waals surface area contributed by atoms with Crippen molar-refractivity contribution in [2.24, 2.45) is 0 Å². The maximum absolute atomic E-state index is 13.1. The molecule has 1 atom stereocenters. The highest BCUT2D eigenvalue weighted by Gasteiger charge is 2.45. The summed E-state index contributed by atoms with van der Waals surface area (Å²) in [7, 11) is 0. The first-order valence-electron chi connectivity index (χ1n) is 11.4. The first-order valence-corrected chi connectivity index (χ1v) is 11.4. The monoisotopic (exact) mass is 451 g/mol. The Kier molecular flexibility index (Phi) is 6.93. The lowest BCUT2D eigenvalue weighted by molar-refractivity contribution is -0.140. The van der Waals surface area contributed by atoms with Crippen molar-refractivity contribution >= 4 is 17.4 Å².